The molecule has 0 saturated heterocycles. The number of amides is 1. The summed E-state index contributed by atoms with van der Waals surface area (Å²) < 4.78 is 5.26. The number of hydrogen-bond donors (Lipinski definition) is 1. The smallest absolute Gasteiger partial charge is 0.251 e. The fraction of sp³-hybridized carbons (Fsp3) is 0.412. The molecule has 9 heteroatoms. The van der Waals surface area contributed by atoms with Crippen molar-refractivity contribution in [1.29, 1.82) is 0 Å². The Hall–Kier alpha value is -2.61. The second-order valence-corrected chi connectivity index (χ2v) is 7.05. The zero-order valence-corrected chi connectivity index (χ0v) is 16.0. The van der Waals surface area contributed by atoms with E-state index in [2.05, 4.69) is 27.5 Å². The van der Waals surface area contributed by atoms with Gasteiger partial charge in [0, 0.05) is 30.2 Å². The van der Waals surface area contributed by atoms with Gasteiger partial charge in [-0.2, -0.15) is 15.3 Å². The third-order valence-corrected chi connectivity index (χ3v) is 4.60. The topological polar surface area (TPSA) is 82.6 Å². The standard InChI is InChI=1S/C17H22ClN7O/c1-5-24-12(2)13(6-20-24)9-23-11-15(8-19-23)22-16(26)17(3,4)25-10-14(18)7-21-25/h6-8,10-11H,5,9H2,1-4H3,(H,22,26). The number of rotatable bonds is 6. The van der Waals surface area contributed by atoms with Gasteiger partial charge in [0.25, 0.3) is 5.91 Å². The molecule has 0 unspecified atom stereocenters. The van der Waals surface area contributed by atoms with Gasteiger partial charge in [-0.15, -0.1) is 0 Å². The fourth-order valence-electron chi connectivity index (χ4n) is 2.64. The lowest BCUT2D eigenvalue weighted by Crippen LogP contribution is -2.40. The fourth-order valence-corrected chi connectivity index (χ4v) is 2.78. The van der Waals surface area contributed by atoms with Crippen LogP contribution in [0.3, 0.4) is 0 Å². The molecule has 138 valence electrons. The molecular weight excluding hydrogens is 354 g/mol. The van der Waals surface area contributed by atoms with Gasteiger partial charge in [0.15, 0.2) is 0 Å². The maximum absolute atomic E-state index is 12.6. The third-order valence-electron chi connectivity index (χ3n) is 4.41. The SMILES string of the molecule is CCn1ncc(Cn2cc(NC(=O)C(C)(C)n3cc(Cl)cn3)cn2)c1C. The Labute approximate surface area is 156 Å². The molecule has 0 fully saturated rings. The second kappa shape index (κ2) is 6.95. The number of aryl methyl sites for hydroxylation is 1. The summed E-state index contributed by atoms with van der Waals surface area (Å²) in [4.78, 5) is 12.6. The lowest BCUT2D eigenvalue weighted by atomic mass is 10.1. The van der Waals surface area contributed by atoms with Crippen LogP contribution in [0.15, 0.2) is 31.0 Å². The Morgan fingerprint density at radius 3 is 2.58 bits per heavy atom. The van der Waals surface area contributed by atoms with E-state index in [9.17, 15) is 4.79 Å². The zero-order valence-electron chi connectivity index (χ0n) is 15.3. The Balaban J connectivity index is 1.70. The largest absolute Gasteiger partial charge is 0.321 e. The molecule has 0 saturated carbocycles. The highest BCUT2D eigenvalue weighted by atomic mass is 35.5. The van der Waals surface area contributed by atoms with Crippen molar-refractivity contribution in [3.05, 3.63) is 47.3 Å². The monoisotopic (exact) mass is 375 g/mol. The van der Waals surface area contributed by atoms with Gasteiger partial charge in [-0.05, 0) is 27.7 Å². The number of nitrogens with one attached hydrogen (secondary N) is 1. The lowest BCUT2D eigenvalue weighted by molar-refractivity contribution is -0.123. The summed E-state index contributed by atoms with van der Waals surface area (Å²) >= 11 is 5.90. The Morgan fingerprint density at radius 2 is 1.96 bits per heavy atom. The van der Waals surface area contributed by atoms with Crippen LogP contribution in [0.1, 0.15) is 32.0 Å². The van der Waals surface area contributed by atoms with Crippen LogP contribution >= 0.6 is 11.6 Å². The van der Waals surface area contributed by atoms with Crippen molar-refractivity contribution in [2.24, 2.45) is 0 Å². The van der Waals surface area contributed by atoms with Gasteiger partial charge < -0.3 is 5.32 Å². The van der Waals surface area contributed by atoms with Crippen LogP contribution in [0.2, 0.25) is 5.02 Å². The van der Waals surface area contributed by atoms with Crippen LogP contribution in [-0.2, 0) is 23.4 Å². The normalized spacial score (nSPS) is 11.7. The molecule has 8 nitrogen and oxygen atoms in total. The zero-order chi connectivity index (χ0) is 18.9. The molecule has 3 heterocycles. The van der Waals surface area contributed by atoms with Gasteiger partial charge in [-0.3, -0.25) is 18.8 Å². The van der Waals surface area contributed by atoms with E-state index >= 15 is 0 Å². The summed E-state index contributed by atoms with van der Waals surface area (Å²) in [5.41, 5.74) is 1.96. The molecule has 0 radical (unpaired) electrons. The minimum atomic E-state index is -0.881. The summed E-state index contributed by atoms with van der Waals surface area (Å²) in [5.74, 6) is -0.202. The molecule has 0 atom stereocenters. The van der Waals surface area contributed by atoms with Gasteiger partial charge >= 0.3 is 0 Å². The molecule has 0 aliphatic heterocycles. The van der Waals surface area contributed by atoms with Crippen molar-refractivity contribution in [2.75, 3.05) is 5.32 Å². The Bertz CT molecular complexity index is 921. The maximum Gasteiger partial charge on any atom is 0.251 e. The summed E-state index contributed by atoms with van der Waals surface area (Å²) in [6.45, 7) is 9.07. The quantitative estimate of drug-likeness (QED) is 0.718. The summed E-state index contributed by atoms with van der Waals surface area (Å²) in [7, 11) is 0. The molecule has 3 aromatic heterocycles. The van der Waals surface area contributed by atoms with Crippen LogP contribution in [0.5, 0.6) is 0 Å². The van der Waals surface area contributed by atoms with Crippen LogP contribution < -0.4 is 5.32 Å². The van der Waals surface area contributed by atoms with Gasteiger partial charge in [0.2, 0.25) is 0 Å². The molecule has 0 bridgehead atoms. The molecule has 3 aromatic rings. The molecule has 0 aromatic carbocycles. The molecule has 3 rings (SSSR count). The summed E-state index contributed by atoms with van der Waals surface area (Å²) in [6.07, 6.45) is 8.41. The summed E-state index contributed by atoms with van der Waals surface area (Å²) in [5, 5.41) is 16.2. The summed E-state index contributed by atoms with van der Waals surface area (Å²) in [6, 6.07) is 0. The maximum atomic E-state index is 12.6. The van der Waals surface area contributed by atoms with Crippen molar-refractivity contribution in [2.45, 2.75) is 46.3 Å². The van der Waals surface area contributed by atoms with Gasteiger partial charge in [0.1, 0.15) is 5.54 Å². The Morgan fingerprint density at radius 1 is 1.19 bits per heavy atom. The van der Waals surface area contributed by atoms with Crippen molar-refractivity contribution in [1.82, 2.24) is 29.3 Å². The number of hydrogen-bond acceptors (Lipinski definition) is 4. The number of carbonyl (C=O) groups is 1. The van der Waals surface area contributed by atoms with Gasteiger partial charge in [-0.1, -0.05) is 11.6 Å². The van der Waals surface area contributed by atoms with Crippen LogP contribution in [0.25, 0.3) is 0 Å². The molecular formula is C17H22ClN7O. The van der Waals surface area contributed by atoms with E-state index in [1.807, 2.05) is 17.8 Å². The van der Waals surface area contributed by atoms with Crippen LogP contribution in [0, 0.1) is 6.92 Å². The first-order valence-electron chi connectivity index (χ1n) is 8.37. The minimum Gasteiger partial charge on any atom is -0.321 e. The van der Waals surface area contributed by atoms with E-state index < -0.39 is 5.54 Å². The first kappa shape index (κ1) is 18.2. The number of nitrogens with zero attached hydrogens (tertiary/aromatic N) is 6. The molecule has 0 spiro atoms. The Kier molecular flexibility index (Phi) is 4.86. The predicted molar refractivity (Wildman–Crippen MR) is 99.2 cm³/mol. The second-order valence-electron chi connectivity index (χ2n) is 6.61. The van der Waals surface area contributed by atoms with E-state index in [0.29, 0.717) is 17.3 Å². The number of halogens is 1. The first-order valence-corrected chi connectivity index (χ1v) is 8.75. The average molecular weight is 376 g/mol. The molecule has 0 aliphatic carbocycles. The predicted octanol–water partition coefficient (Wildman–Crippen LogP) is 2.68. The van der Waals surface area contributed by atoms with E-state index in [1.54, 1.807) is 37.1 Å². The average Bonchev–Trinajstić information content (AvgIpc) is 3.30. The number of aromatic nitrogens is 6. The van der Waals surface area contributed by atoms with E-state index in [1.165, 1.54) is 10.9 Å². The van der Waals surface area contributed by atoms with Crippen molar-refractivity contribution < 1.29 is 4.79 Å². The van der Waals surface area contributed by atoms with Crippen molar-refractivity contribution in [3.8, 4) is 0 Å². The number of anilines is 1. The van der Waals surface area contributed by atoms with Gasteiger partial charge in [0.05, 0.1) is 35.8 Å². The van der Waals surface area contributed by atoms with Crippen molar-refractivity contribution in [3.63, 3.8) is 0 Å². The third kappa shape index (κ3) is 3.50. The van der Waals surface area contributed by atoms with E-state index in [-0.39, 0.29) is 5.91 Å². The highest BCUT2D eigenvalue weighted by Gasteiger charge is 2.31. The van der Waals surface area contributed by atoms with Crippen LogP contribution in [0.4, 0.5) is 5.69 Å². The van der Waals surface area contributed by atoms with Gasteiger partial charge in [-0.25, -0.2) is 0 Å². The lowest BCUT2D eigenvalue weighted by Gasteiger charge is -2.23. The minimum absolute atomic E-state index is 0.202. The highest BCUT2D eigenvalue weighted by molar-refractivity contribution is 6.30. The first-order chi connectivity index (χ1) is 12.3. The van der Waals surface area contributed by atoms with E-state index in [0.717, 1.165) is 17.8 Å². The van der Waals surface area contributed by atoms with Crippen LogP contribution in [-0.4, -0.2) is 35.2 Å². The molecule has 0 aliphatic rings. The molecule has 1 amide bonds. The van der Waals surface area contributed by atoms with E-state index in [4.69, 9.17) is 11.6 Å². The highest BCUT2D eigenvalue weighted by Crippen LogP contribution is 2.20. The van der Waals surface area contributed by atoms with Crippen molar-refractivity contribution >= 4 is 23.2 Å². The molecule has 26 heavy (non-hydrogen) atoms. The molecule has 1 N–H and O–H groups in total. The number of carbonyl (C=O) groups excluding carboxylic acids is 1.